The summed E-state index contributed by atoms with van der Waals surface area (Å²) >= 11 is 6.24. The molecular formula is C32H33ClN6O. The summed E-state index contributed by atoms with van der Waals surface area (Å²) in [4.78, 5) is 20.4. The molecule has 4 aromatic rings. The van der Waals surface area contributed by atoms with Gasteiger partial charge in [0.2, 0.25) is 5.91 Å². The van der Waals surface area contributed by atoms with E-state index in [1.807, 2.05) is 42.7 Å². The molecule has 1 fully saturated rings. The lowest BCUT2D eigenvalue weighted by Crippen LogP contribution is -2.25. The average Bonchev–Trinajstić information content (AvgIpc) is 3.58. The van der Waals surface area contributed by atoms with Gasteiger partial charge in [0.25, 0.3) is 0 Å². The highest BCUT2D eigenvalue weighted by molar-refractivity contribution is 6.30. The van der Waals surface area contributed by atoms with Gasteiger partial charge in [-0.1, -0.05) is 54.1 Å². The molecule has 1 atom stereocenters. The molecule has 8 heteroatoms. The zero-order valence-corrected chi connectivity index (χ0v) is 23.7. The fourth-order valence-corrected chi connectivity index (χ4v) is 5.82. The second kappa shape index (κ2) is 11.4. The number of rotatable bonds is 7. The fraction of sp³-hybridized carbons (Fsp3) is 0.312. The van der Waals surface area contributed by atoms with Crippen molar-refractivity contribution >= 4 is 23.2 Å². The van der Waals surface area contributed by atoms with Gasteiger partial charge in [-0.3, -0.25) is 19.3 Å². The molecule has 204 valence electrons. The molecule has 0 spiro atoms. The number of fused-ring (bicyclic) bond motifs is 3. The van der Waals surface area contributed by atoms with Gasteiger partial charge in [-0.05, 0) is 80.7 Å². The molecule has 40 heavy (non-hydrogen) atoms. The Morgan fingerprint density at radius 2 is 1.65 bits per heavy atom. The van der Waals surface area contributed by atoms with Crippen LogP contribution in [0.2, 0.25) is 5.02 Å². The predicted molar refractivity (Wildman–Crippen MR) is 159 cm³/mol. The zero-order valence-electron chi connectivity index (χ0n) is 22.9. The SMILES string of the molecule is CCNC(=O)C[C@@H]1N=C(c2ccc(Cl)cc2)c2cc(-c3ccc(CN4CCCC4)cc3)ccc2-n2c(C)nnc21. The van der Waals surface area contributed by atoms with Crippen LogP contribution in [0.3, 0.4) is 0 Å². The molecule has 0 aliphatic carbocycles. The van der Waals surface area contributed by atoms with Crippen LogP contribution in [-0.2, 0) is 11.3 Å². The van der Waals surface area contributed by atoms with Gasteiger partial charge in [0.1, 0.15) is 11.9 Å². The Bertz CT molecular complexity index is 1550. The van der Waals surface area contributed by atoms with Crippen molar-refractivity contribution in [3.8, 4) is 16.8 Å². The standard InChI is InChI=1S/C32H33ClN6O/c1-3-34-30(40)19-28-32-37-36-21(2)39(32)29-15-12-25(18-27(29)31(35-28)24-10-13-26(33)14-11-24)23-8-6-22(7-9-23)20-38-16-4-5-17-38/h6-15,18,28H,3-5,16-17,19-20H2,1-2H3,(H,34,40)/t28-/m0/s1. The normalized spacial score (nSPS) is 16.7. The van der Waals surface area contributed by atoms with Crippen molar-refractivity contribution in [2.75, 3.05) is 19.6 Å². The quantitative estimate of drug-likeness (QED) is 0.309. The van der Waals surface area contributed by atoms with Crippen molar-refractivity contribution in [1.29, 1.82) is 0 Å². The largest absolute Gasteiger partial charge is 0.356 e. The number of aryl methyl sites for hydroxylation is 1. The van der Waals surface area contributed by atoms with Gasteiger partial charge < -0.3 is 5.32 Å². The highest BCUT2D eigenvalue weighted by Crippen LogP contribution is 2.35. The second-order valence-electron chi connectivity index (χ2n) is 10.5. The summed E-state index contributed by atoms with van der Waals surface area (Å²) in [6.45, 7) is 7.78. The second-order valence-corrected chi connectivity index (χ2v) is 10.9. The molecular weight excluding hydrogens is 520 g/mol. The predicted octanol–water partition coefficient (Wildman–Crippen LogP) is 5.91. The number of amides is 1. The van der Waals surface area contributed by atoms with Crippen molar-refractivity contribution in [2.24, 2.45) is 4.99 Å². The van der Waals surface area contributed by atoms with Crippen LogP contribution in [0.4, 0.5) is 0 Å². The lowest BCUT2D eigenvalue weighted by molar-refractivity contribution is -0.121. The van der Waals surface area contributed by atoms with Crippen molar-refractivity contribution in [3.05, 3.63) is 100 Å². The number of nitrogens with zero attached hydrogens (tertiary/aromatic N) is 5. The number of benzene rings is 3. The van der Waals surface area contributed by atoms with Gasteiger partial charge in [0, 0.05) is 29.2 Å². The molecule has 2 aliphatic heterocycles. The zero-order chi connectivity index (χ0) is 27.6. The molecule has 1 saturated heterocycles. The van der Waals surface area contributed by atoms with Crippen molar-refractivity contribution in [2.45, 2.75) is 45.7 Å². The van der Waals surface area contributed by atoms with E-state index in [4.69, 9.17) is 16.6 Å². The Morgan fingerprint density at radius 1 is 0.950 bits per heavy atom. The Morgan fingerprint density at radius 3 is 2.38 bits per heavy atom. The number of likely N-dealkylation sites (tertiary alicyclic amines) is 1. The molecule has 1 N–H and O–H groups in total. The first kappa shape index (κ1) is 26.4. The topological polar surface area (TPSA) is 75.4 Å². The van der Waals surface area contributed by atoms with Gasteiger partial charge in [-0.15, -0.1) is 10.2 Å². The summed E-state index contributed by atoms with van der Waals surface area (Å²) in [7, 11) is 0. The first-order chi connectivity index (χ1) is 19.5. The first-order valence-electron chi connectivity index (χ1n) is 14.0. The van der Waals surface area contributed by atoms with E-state index in [0.29, 0.717) is 17.4 Å². The third-order valence-corrected chi connectivity index (χ3v) is 7.94. The summed E-state index contributed by atoms with van der Waals surface area (Å²) in [5.74, 6) is 1.34. The molecule has 3 aromatic carbocycles. The number of carbonyl (C=O) groups excluding carboxylic acids is 1. The maximum Gasteiger partial charge on any atom is 0.222 e. The van der Waals surface area contributed by atoms with Crippen molar-refractivity contribution in [1.82, 2.24) is 25.0 Å². The molecule has 1 aromatic heterocycles. The fourth-order valence-electron chi connectivity index (χ4n) is 5.70. The van der Waals surface area contributed by atoms with Crippen LogP contribution < -0.4 is 5.32 Å². The van der Waals surface area contributed by atoms with Crippen molar-refractivity contribution in [3.63, 3.8) is 0 Å². The highest BCUT2D eigenvalue weighted by atomic mass is 35.5. The van der Waals surface area contributed by atoms with E-state index < -0.39 is 6.04 Å². The Kier molecular flexibility index (Phi) is 7.50. The van der Waals surface area contributed by atoms with E-state index in [0.717, 1.165) is 46.0 Å². The first-order valence-corrected chi connectivity index (χ1v) is 14.4. The monoisotopic (exact) mass is 552 g/mol. The van der Waals surface area contributed by atoms with Crippen LogP contribution in [0.1, 0.15) is 60.6 Å². The molecule has 2 aliphatic rings. The summed E-state index contributed by atoms with van der Waals surface area (Å²) in [5.41, 5.74) is 7.22. The molecule has 6 rings (SSSR count). The van der Waals surface area contributed by atoms with E-state index in [1.54, 1.807) is 0 Å². The van der Waals surface area contributed by atoms with Crippen LogP contribution in [-0.4, -0.2) is 50.9 Å². The Balaban J connectivity index is 1.45. The van der Waals surface area contributed by atoms with Crippen LogP contribution >= 0.6 is 11.6 Å². The van der Waals surface area contributed by atoms with Crippen molar-refractivity contribution < 1.29 is 4.79 Å². The number of hydrogen-bond acceptors (Lipinski definition) is 5. The third kappa shape index (κ3) is 5.31. The Labute approximate surface area is 239 Å². The van der Waals surface area contributed by atoms with E-state index >= 15 is 0 Å². The van der Waals surface area contributed by atoms with Gasteiger partial charge >= 0.3 is 0 Å². The van der Waals surface area contributed by atoms with E-state index in [1.165, 1.54) is 31.5 Å². The van der Waals surface area contributed by atoms with E-state index in [-0.39, 0.29) is 12.3 Å². The maximum atomic E-state index is 12.7. The lowest BCUT2D eigenvalue weighted by Gasteiger charge is -2.16. The highest BCUT2D eigenvalue weighted by Gasteiger charge is 2.30. The molecule has 0 radical (unpaired) electrons. The maximum absolute atomic E-state index is 12.7. The molecule has 7 nitrogen and oxygen atoms in total. The number of hydrogen-bond donors (Lipinski definition) is 1. The molecule has 1 amide bonds. The molecule has 0 saturated carbocycles. The smallest absolute Gasteiger partial charge is 0.222 e. The summed E-state index contributed by atoms with van der Waals surface area (Å²) < 4.78 is 2.04. The average molecular weight is 553 g/mol. The van der Waals surface area contributed by atoms with E-state index in [2.05, 4.69) is 62.9 Å². The summed E-state index contributed by atoms with van der Waals surface area (Å²) in [6.07, 6.45) is 2.77. The minimum atomic E-state index is -0.487. The number of aliphatic imine (C=N–C) groups is 1. The molecule has 0 bridgehead atoms. The van der Waals surface area contributed by atoms with Crippen LogP contribution in [0.5, 0.6) is 0 Å². The van der Waals surface area contributed by atoms with E-state index in [9.17, 15) is 4.79 Å². The number of halogens is 1. The molecule has 0 unspecified atom stereocenters. The number of carbonyl (C=O) groups is 1. The lowest BCUT2D eigenvalue weighted by atomic mass is 9.95. The third-order valence-electron chi connectivity index (χ3n) is 7.69. The summed E-state index contributed by atoms with van der Waals surface area (Å²) in [6, 6.07) is 22.5. The number of aromatic nitrogens is 3. The van der Waals surface area contributed by atoms with Crippen LogP contribution in [0, 0.1) is 6.92 Å². The summed E-state index contributed by atoms with van der Waals surface area (Å²) in [5, 5.41) is 12.4. The van der Waals surface area contributed by atoms with Gasteiger partial charge in [-0.2, -0.15) is 0 Å². The Hall–Kier alpha value is -3.81. The minimum Gasteiger partial charge on any atom is -0.356 e. The van der Waals surface area contributed by atoms with Crippen LogP contribution in [0.15, 0.2) is 71.7 Å². The molecule has 3 heterocycles. The minimum absolute atomic E-state index is 0.0698. The number of nitrogens with one attached hydrogen (secondary N) is 1. The van der Waals surface area contributed by atoms with Gasteiger partial charge in [0.15, 0.2) is 5.82 Å². The van der Waals surface area contributed by atoms with Gasteiger partial charge in [0.05, 0.1) is 17.8 Å². The van der Waals surface area contributed by atoms with Gasteiger partial charge in [-0.25, -0.2) is 0 Å². The van der Waals surface area contributed by atoms with Crippen LogP contribution in [0.25, 0.3) is 16.8 Å².